The maximum atomic E-state index is 6.06. The summed E-state index contributed by atoms with van der Waals surface area (Å²) >= 11 is 6.04. The topological polar surface area (TPSA) is 35.2 Å². The number of halogens is 1. The van der Waals surface area contributed by atoms with Crippen molar-refractivity contribution in [2.45, 2.75) is 32.3 Å². The highest BCUT2D eigenvalue weighted by Gasteiger charge is 2.16. The van der Waals surface area contributed by atoms with E-state index in [9.17, 15) is 0 Å². The van der Waals surface area contributed by atoms with Gasteiger partial charge >= 0.3 is 0 Å². The Morgan fingerprint density at radius 1 is 1.10 bits per heavy atom. The van der Waals surface area contributed by atoms with E-state index in [1.807, 2.05) is 36.4 Å². The highest BCUT2D eigenvalue weighted by Crippen LogP contribution is 2.28. The Hall–Kier alpha value is -1.51. The van der Waals surface area contributed by atoms with Gasteiger partial charge < -0.3 is 10.5 Å². The van der Waals surface area contributed by atoms with Crippen molar-refractivity contribution in [3.63, 3.8) is 0 Å². The first-order chi connectivity index (χ1) is 9.90. The molecule has 0 spiro atoms. The van der Waals surface area contributed by atoms with Crippen molar-refractivity contribution < 1.29 is 4.74 Å². The predicted octanol–water partition coefficient (Wildman–Crippen LogP) is 4.72. The molecule has 1 atom stereocenters. The van der Waals surface area contributed by atoms with Gasteiger partial charge in [0.1, 0.15) is 11.9 Å². The number of ether oxygens (including phenoxy) is 1. The summed E-state index contributed by atoms with van der Waals surface area (Å²) in [5.74, 6) is 0.831. The Labute approximate surface area is 131 Å². The zero-order valence-corrected chi connectivity index (χ0v) is 13.5. The molecule has 2 N–H and O–H groups in total. The standard InChI is InChI=1S/C18H22ClNO/c1-18(2,3)14-7-5-9-16(11-14)21-17(12-20)13-6-4-8-15(19)10-13/h4-11,17H,12,20H2,1-3H3. The maximum Gasteiger partial charge on any atom is 0.136 e. The van der Waals surface area contributed by atoms with Gasteiger partial charge in [-0.25, -0.2) is 0 Å². The van der Waals surface area contributed by atoms with Gasteiger partial charge in [-0.3, -0.25) is 0 Å². The van der Waals surface area contributed by atoms with Gasteiger partial charge in [-0.1, -0.05) is 56.6 Å². The molecule has 2 aromatic rings. The van der Waals surface area contributed by atoms with Crippen molar-refractivity contribution in [3.05, 3.63) is 64.7 Å². The average Bonchev–Trinajstić information content (AvgIpc) is 2.44. The minimum Gasteiger partial charge on any atom is -0.484 e. The van der Waals surface area contributed by atoms with Gasteiger partial charge in [-0.15, -0.1) is 0 Å². The van der Waals surface area contributed by atoms with E-state index in [-0.39, 0.29) is 11.5 Å². The van der Waals surface area contributed by atoms with Crippen LogP contribution in [-0.2, 0) is 5.41 Å². The molecule has 0 heterocycles. The highest BCUT2D eigenvalue weighted by molar-refractivity contribution is 6.30. The Kier molecular flexibility index (Phi) is 4.92. The number of rotatable bonds is 4. The van der Waals surface area contributed by atoms with Crippen LogP contribution in [0.5, 0.6) is 5.75 Å². The van der Waals surface area contributed by atoms with E-state index in [2.05, 4.69) is 32.9 Å². The molecule has 0 aromatic heterocycles. The van der Waals surface area contributed by atoms with Crippen LogP contribution in [0.4, 0.5) is 0 Å². The lowest BCUT2D eigenvalue weighted by Crippen LogP contribution is -2.19. The quantitative estimate of drug-likeness (QED) is 0.887. The van der Waals surface area contributed by atoms with E-state index >= 15 is 0 Å². The summed E-state index contributed by atoms with van der Waals surface area (Å²) in [6.45, 7) is 6.95. The zero-order chi connectivity index (χ0) is 15.5. The third kappa shape index (κ3) is 4.23. The summed E-state index contributed by atoms with van der Waals surface area (Å²) in [6.07, 6.45) is -0.195. The Bertz CT molecular complexity index is 604. The molecular formula is C18H22ClNO. The van der Waals surface area contributed by atoms with Crippen molar-refractivity contribution in [2.75, 3.05) is 6.54 Å². The smallest absolute Gasteiger partial charge is 0.136 e. The largest absolute Gasteiger partial charge is 0.484 e. The lowest BCUT2D eigenvalue weighted by Gasteiger charge is -2.22. The second-order valence-corrected chi connectivity index (χ2v) is 6.61. The molecule has 1 unspecified atom stereocenters. The summed E-state index contributed by atoms with van der Waals surface area (Å²) in [4.78, 5) is 0. The summed E-state index contributed by atoms with van der Waals surface area (Å²) < 4.78 is 6.06. The Morgan fingerprint density at radius 3 is 2.43 bits per heavy atom. The summed E-state index contributed by atoms with van der Waals surface area (Å²) in [7, 11) is 0. The lowest BCUT2D eigenvalue weighted by molar-refractivity contribution is 0.214. The second kappa shape index (κ2) is 6.50. The van der Waals surface area contributed by atoms with E-state index in [4.69, 9.17) is 22.1 Å². The van der Waals surface area contributed by atoms with Gasteiger partial charge in [0.05, 0.1) is 0 Å². The average molecular weight is 304 g/mol. The fraction of sp³-hybridized carbons (Fsp3) is 0.333. The van der Waals surface area contributed by atoms with E-state index in [0.29, 0.717) is 11.6 Å². The molecule has 0 aliphatic carbocycles. The molecule has 0 saturated heterocycles. The minimum atomic E-state index is -0.195. The zero-order valence-electron chi connectivity index (χ0n) is 12.8. The maximum absolute atomic E-state index is 6.06. The van der Waals surface area contributed by atoms with E-state index < -0.39 is 0 Å². The van der Waals surface area contributed by atoms with E-state index in [1.54, 1.807) is 0 Å². The normalized spacial score (nSPS) is 13.0. The third-order valence-electron chi connectivity index (χ3n) is 3.41. The van der Waals surface area contributed by atoms with Gasteiger partial charge in [0.2, 0.25) is 0 Å². The summed E-state index contributed by atoms with van der Waals surface area (Å²) in [5.41, 5.74) is 8.18. The first-order valence-electron chi connectivity index (χ1n) is 7.13. The molecule has 0 radical (unpaired) electrons. The molecule has 112 valence electrons. The molecule has 2 nitrogen and oxygen atoms in total. The molecular weight excluding hydrogens is 282 g/mol. The summed E-state index contributed by atoms with van der Waals surface area (Å²) in [5, 5.41) is 0.693. The van der Waals surface area contributed by atoms with E-state index in [1.165, 1.54) is 5.56 Å². The first-order valence-corrected chi connectivity index (χ1v) is 7.50. The van der Waals surface area contributed by atoms with Crippen molar-refractivity contribution >= 4 is 11.6 Å². The van der Waals surface area contributed by atoms with Crippen LogP contribution in [-0.4, -0.2) is 6.54 Å². The molecule has 0 amide bonds. The molecule has 2 rings (SSSR count). The molecule has 3 heteroatoms. The number of hydrogen-bond donors (Lipinski definition) is 1. The van der Waals surface area contributed by atoms with Crippen LogP contribution in [0.15, 0.2) is 48.5 Å². The molecule has 0 bridgehead atoms. The van der Waals surface area contributed by atoms with Gasteiger partial charge in [0.25, 0.3) is 0 Å². The highest BCUT2D eigenvalue weighted by atomic mass is 35.5. The first kappa shape index (κ1) is 15.9. The molecule has 21 heavy (non-hydrogen) atoms. The van der Waals surface area contributed by atoms with E-state index in [0.717, 1.165) is 11.3 Å². The van der Waals surface area contributed by atoms with Crippen molar-refractivity contribution in [2.24, 2.45) is 5.73 Å². The fourth-order valence-electron chi connectivity index (χ4n) is 2.16. The van der Waals surface area contributed by atoms with Crippen LogP contribution in [0.3, 0.4) is 0 Å². The summed E-state index contributed by atoms with van der Waals surface area (Å²) in [6, 6.07) is 15.8. The van der Waals surface area contributed by atoms with Gasteiger partial charge in [0.15, 0.2) is 0 Å². The number of hydrogen-bond acceptors (Lipinski definition) is 2. The fourth-order valence-corrected chi connectivity index (χ4v) is 2.36. The molecule has 2 aromatic carbocycles. The van der Waals surface area contributed by atoms with Crippen LogP contribution in [0, 0.1) is 0 Å². The monoisotopic (exact) mass is 303 g/mol. The lowest BCUT2D eigenvalue weighted by atomic mass is 9.87. The molecule has 0 aliphatic rings. The number of benzene rings is 2. The molecule has 0 fully saturated rings. The van der Waals surface area contributed by atoms with Crippen LogP contribution < -0.4 is 10.5 Å². The Morgan fingerprint density at radius 2 is 1.81 bits per heavy atom. The van der Waals surface area contributed by atoms with Gasteiger partial charge in [-0.05, 0) is 40.8 Å². The van der Waals surface area contributed by atoms with Gasteiger partial charge in [0, 0.05) is 11.6 Å². The SMILES string of the molecule is CC(C)(C)c1cccc(OC(CN)c2cccc(Cl)c2)c1. The van der Waals surface area contributed by atoms with Crippen molar-refractivity contribution in [1.82, 2.24) is 0 Å². The second-order valence-electron chi connectivity index (χ2n) is 6.18. The van der Waals surface area contributed by atoms with Crippen molar-refractivity contribution in [3.8, 4) is 5.75 Å². The predicted molar refractivity (Wildman–Crippen MR) is 89.0 cm³/mol. The van der Waals surface area contributed by atoms with Crippen molar-refractivity contribution in [1.29, 1.82) is 0 Å². The molecule has 0 saturated carbocycles. The minimum absolute atomic E-state index is 0.0909. The van der Waals surface area contributed by atoms with Crippen LogP contribution in [0.25, 0.3) is 0 Å². The van der Waals surface area contributed by atoms with Crippen LogP contribution >= 0.6 is 11.6 Å². The molecule has 0 aliphatic heterocycles. The van der Waals surface area contributed by atoms with Gasteiger partial charge in [-0.2, -0.15) is 0 Å². The van der Waals surface area contributed by atoms with Crippen LogP contribution in [0.2, 0.25) is 5.02 Å². The Balaban J connectivity index is 2.23. The third-order valence-corrected chi connectivity index (χ3v) is 3.65. The number of nitrogens with two attached hydrogens (primary N) is 1. The van der Waals surface area contributed by atoms with Crippen LogP contribution in [0.1, 0.15) is 38.0 Å².